The fourth-order valence-electron chi connectivity index (χ4n) is 3.54. The third-order valence-electron chi connectivity index (χ3n) is 5.42. The van der Waals surface area contributed by atoms with Crippen LogP contribution in [0.4, 0.5) is 0 Å². The van der Waals surface area contributed by atoms with Gasteiger partial charge in [0.25, 0.3) is 5.91 Å². The van der Waals surface area contributed by atoms with Crippen LogP contribution in [0.15, 0.2) is 59.6 Å². The first-order valence-corrected chi connectivity index (χ1v) is 9.48. The van der Waals surface area contributed by atoms with Crippen molar-refractivity contribution in [3.63, 3.8) is 0 Å². The van der Waals surface area contributed by atoms with Crippen LogP contribution >= 0.6 is 24.0 Å². The molecule has 1 amide bonds. The molecule has 0 aliphatic heterocycles. The topological polar surface area (TPSA) is 65.5 Å². The molecule has 5 nitrogen and oxygen atoms in total. The Balaban J connectivity index is 0.00000280. The molecule has 0 heterocycles. The highest BCUT2D eigenvalue weighted by atomic mass is 127. The molecule has 6 heteroatoms. The summed E-state index contributed by atoms with van der Waals surface area (Å²) in [6.07, 6.45) is 3.70. The summed E-state index contributed by atoms with van der Waals surface area (Å²) in [5, 5.41) is 9.49. The SMILES string of the molecule is CN=C(NCc1ccc(C(=O)NC)cc1)NCC1(c2ccccc2)CCC1.I. The van der Waals surface area contributed by atoms with Gasteiger partial charge in [0.1, 0.15) is 0 Å². The van der Waals surface area contributed by atoms with Crippen LogP contribution in [0.1, 0.15) is 40.7 Å². The molecule has 3 N–H and O–H groups in total. The molecule has 1 saturated carbocycles. The summed E-state index contributed by atoms with van der Waals surface area (Å²) in [5.41, 5.74) is 3.39. The van der Waals surface area contributed by atoms with Crippen molar-refractivity contribution in [3.05, 3.63) is 71.3 Å². The molecule has 1 aliphatic carbocycles. The highest BCUT2D eigenvalue weighted by Crippen LogP contribution is 2.43. The smallest absolute Gasteiger partial charge is 0.251 e. The second kappa shape index (κ2) is 10.5. The number of hydrogen-bond donors (Lipinski definition) is 3. The molecule has 2 aromatic rings. The number of nitrogens with zero attached hydrogens (tertiary/aromatic N) is 1. The van der Waals surface area contributed by atoms with E-state index in [0.717, 1.165) is 18.1 Å². The number of amides is 1. The molecule has 3 rings (SSSR count). The van der Waals surface area contributed by atoms with Gasteiger partial charge >= 0.3 is 0 Å². The van der Waals surface area contributed by atoms with Crippen LogP contribution in [-0.4, -0.2) is 32.5 Å². The number of guanidine groups is 1. The molecule has 0 atom stereocenters. The first kappa shape index (κ1) is 22.2. The summed E-state index contributed by atoms with van der Waals surface area (Å²) in [5.74, 6) is 0.728. The van der Waals surface area contributed by atoms with Crippen molar-refractivity contribution in [3.8, 4) is 0 Å². The predicted molar refractivity (Wildman–Crippen MR) is 125 cm³/mol. The van der Waals surface area contributed by atoms with Crippen LogP contribution in [0.2, 0.25) is 0 Å². The van der Waals surface area contributed by atoms with Crippen LogP contribution < -0.4 is 16.0 Å². The maximum Gasteiger partial charge on any atom is 0.251 e. The van der Waals surface area contributed by atoms with Crippen LogP contribution in [0.25, 0.3) is 0 Å². The summed E-state index contributed by atoms with van der Waals surface area (Å²) in [6, 6.07) is 18.4. The van der Waals surface area contributed by atoms with Crippen molar-refractivity contribution in [1.29, 1.82) is 0 Å². The highest BCUT2D eigenvalue weighted by Gasteiger charge is 2.38. The van der Waals surface area contributed by atoms with Crippen LogP contribution in [0.5, 0.6) is 0 Å². The molecule has 0 radical (unpaired) electrons. The zero-order valence-corrected chi connectivity index (χ0v) is 18.8. The van der Waals surface area contributed by atoms with E-state index in [1.54, 1.807) is 14.1 Å². The van der Waals surface area contributed by atoms with Gasteiger partial charge in [-0.1, -0.05) is 48.9 Å². The lowest BCUT2D eigenvalue weighted by Crippen LogP contribution is -2.48. The third kappa shape index (κ3) is 5.25. The first-order valence-electron chi connectivity index (χ1n) is 9.48. The van der Waals surface area contributed by atoms with Gasteiger partial charge in [0.2, 0.25) is 0 Å². The maximum absolute atomic E-state index is 11.6. The fourth-order valence-corrected chi connectivity index (χ4v) is 3.54. The Hall–Kier alpha value is -2.09. The molecule has 1 fully saturated rings. The molecular weight excluding hydrogens is 463 g/mol. The van der Waals surface area contributed by atoms with Gasteiger partial charge in [-0.3, -0.25) is 9.79 Å². The van der Waals surface area contributed by atoms with E-state index < -0.39 is 0 Å². The van der Waals surface area contributed by atoms with Gasteiger partial charge < -0.3 is 16.0 Å². The Kier molecular flexibility index (Phi) is 8.29. The van der Waals surface area contributed by atoms with Gasteiger partial charge in [-0.05, 0) is 36.1 Å². The van der Waals surface area contributed by atoms with Gasteiger partial charge in [-0.25, -0.2) is 0 Å². The van der Waals surface area contributed by atoms with Gasteiger partial charge in [-0.15, -0.1) is 24.0 Å². The second-order valence-electron chi connectivity index (χ2n) is 7.06. The Labute approximate surface area is 184 Å². The Bertz CT molecular complexity index is 786. The van der Waals surface area contributed by atoms with E-state index in [-0.39, 0.29) is 35.3 Å². The van der Waals surface area contributed by atoms with E-state index in [1.165, 1.54) is 24.8 Å². The molecule has 28 heavy (non-hydrogen) atoms. The number of carbonyl (C=O) groups is 1. The Morgan fingerprint density at radius 2 is 1.71 bits per heavy atom. The number of nitrogens with one attached hydrogen (secondary N) is 3. The lowest BCUT2D eigenvalue weighted by atomic mass is 9.64. The number of rotatable bonds is 6. The van der Waals surface area contributed by atoms with Gasteiger partial charge in [-0.2, -0.15) is 0 Å². The summed E-state index contributed by atoms with van der Waals surface area (Å²) < 4.78 is 0. The average molecular weight is 492 g/mol. The molecule has 1 aliphatic rings. The van der Waals surface area contributed by atoms with Crippen molar-refractivity contribution in [2.24, 2.45) is 4.99 Å². The minimum absolute atomic E-state index is 0. The van der Waals surface area contributed by atoms with Crippen molar-refractivity contribution in [2.45, 2.75) is 31.2 Å². The van der Waals surface area contributed by atoms with E-state index >= 15 is 0 Å². The fraction of sp³-hybridized carbons (Fsp3) is 0.364. The van der Waals surface area contributed by atoms with Gasteiger partial charge in [0.05, 0.1) is 0 Å². The predicted octanol–water partition coefficient (Wildman–Crippen LogP) is 3.45. The van der Waals surface area contributed by atoms with Crippen molar-refractivity contribution in [2.75, 3.05) is 20.6 Å². The Morgan fingerprint density at radius 3 is 2.25 bits per heavy atom. The summed E-state index contributed by atoms with van der Waals surface area (Å²) in [4.78, 5) is 16.0. The van der Waals surface area contributed by atoms with Crippen LogP contribution in [0.3, 0.4) is 0 Å². The molecule has 2 aromatic carbocycles. The van der Waals surface area contributed by atoms with E-state index in [9.17, 15) is 4.79 Å². The zero-order chi connectivity index (χ0) is 19.1. The number of hydrogen-bond acceptors (Lipinski definition) is 2. The molecule has 0 unspecified atom stereocenters. The average Bonchev–Trinajstić information content (AvgIpc) is 2.70. The van der Waals surface area contributed by atoms with E-state index in [1.807, 2.05) is 24.3 Å². The van der Waals surface area contributed by atoms with E-state index in [2.05, 4.69) is 51.3 Å². The summed E-state index contributed by atoms with van der Waals surface area (Å²) in [7, 11) is 3.43. The maximum atomic E-state index is 11.6. The summed E-state index contributed by atoms with van der Waals surface area (Å²) >= 11 is 0. The van der Waals surface area contributed by atoms with Crippen molar-refractivity contribution in [1.82, 2.24) is 16.0 Å². The van der Waals surface area contributed by atoms with Crippen LogP contribution in [0, 0.1) is 0 Å². The number of aliphatic imine (C=N–C) groups is 1. The Morgan fingerprint density at radius 1 is 1.04 bits per heavy atom. The zero-order valence-electron chi connectivity index (χ0n) is 16.5. The lowest BCUT2D eigenvalue weighted by Gasteiger charge is -2.43. The minimum Gasteiger partial charge on any atom is -0.356 e. The van der Waals surface area contributed by atoms with E-state index in [0.29, 0.717) is 12.1 Å². The third-order valence-corrected chi connectivity index (χ3v) is 5.42. The molecule has 0 aromatic heterocycles. The minimum atomic E-state index is -0.0707. The molecule has 150 valence electrons. The lowest BCUT2D eigenvalue weighted by molar-refractivity contribution is 0.0963. The standard InChI is InChI=1S/C22H28N4O.HI/c1-23-20(27)18-11-9-17(10-12-18)15-25-21(24-2)26-16-22(13-6-14-22)19-7-4-3-5-8-19;/h3-5,7-12H,6,13-16H2,1-2H3,(H,23,27)(H2,24,25,26);1H. The number of benzene rings is 2. The van der Waals surface area contributed by atoms with Crippen LogP contribution in [-0.2, 0) is 12.0 Å². The molecular formula is C22H29IN4O. The second-order valence-corrected chi connectivity index (χ2v) is 7.06. The monoisotopic (exact) mass is 492 g/mol. The molecule has 0 saturated heterocycles. The number of halogens is 1. The largest absolute Gasteiger partial charge is 0.356 e. The van der Waals surface area contributed by atoms with Gasteiger partial charge in [0, 0.05) is 38.2 Å². The van der Waals surface area contributed by atoms with E-state index in [4.69, 9.17) is 0 Å². The summed E-state index contributed by atoms with van der Waals surface area (Å²) in [6.45, 7) is 1.54. The normalized spacial score (nSPS) is 15.0. The van der Waals surface area contributed by atoms with Crippen molar-refractivity contribution >= 4 is 35.8 Å². The quantitative estimate of drug-likeness (QED) is 0.329. The molecule has 0 spiro atoms. The van der Waals surface area contributed by atoms with Gasteiger partial charge in [0.15, 0.2) is 5.96 Å². The highest BCUT2D eigenvalue weighted by molar-refractivity contribution is 14.0. The molecule has 0 bridgehead atoms. The van der Waals surface area contributed by atoms with Crippen molar-refractivity contribution < 1.29 is 4.79 Å². The number of carbonyl (C=O) groups excluding carboxylic acids is 1. The first-order chi connectivity index (χ1) is 13.2.